The van der Waals surface area contributed by atoms with Crippen molar-refractivity contribution in [3.05, 3.63) is 24.6 Å². The molecule has 166 valence electrons. The van der Waals surface area contributed by atoms with E-state index in [1.165, 1.54) is 4.52 Å². The van der Waals surface area contributed by atoms with Crippen LogP contribution in [-0.2, 0) is 7.05 Å². The lowest BCUT2D eigenvalue weighted by molar-refractivity contribution is 0.211. The maximum Gasteiger partial charge on any atom is 0.321 e. The molecule has 0 bridgehead atoms. The van der Waals surface area contributed by atoms with E-state index < -0.39 is 0 Å². The van der Waals surface area contributed by atoms with Crippen LogP contribution < -0.4 is 10.6 Å². The fourth-order valence-electron chi connectivity index (χ4n) is 3.78. The minimum absolute atomic E-state index is 0. The van der Waals surface area contributed by atoms with E-state index in [1.807, 2.05) is 6.20 Å². The Hall–Kier alpha value is -3.62. The summed E-state index contributed by atoms with van der Waals surface area (Å²) in [6.45, 7) is 2.34. The maximum absolute atomic E-state index is 12.7. The quantitative estimate of drug-likeness (QED) is 0.451. The zero-order chi connectivity index (χ0) is 21.4. The molecule has 4 aromatic heterocycles. The van der Waals surface area contributed by atoms with Crippen LogP contribution in [0, 0.1) is 12.3 Å². The Morgan fingerprint density at radius 1 is 1.31 bits per heavy atom. The van der Waals surface area contributed by atoms with Gasteiger partial charge in [-0.2, -0.15) is 14.6 Å². The Bertz CT molecular complexity index is 1280. The summed E-state index contributed by atoms with van der Waals surface area (Å²) >= 11 is 0. The highest BCUT2D eigenvalue weighted by atomic mass is 35.5. The zero-order valence-electron chi connectivity index (χ0n) is 17.4. The van der Waals surface area contributed by atoms with E-state index in [4.69, 9.17) is 10.8 Å². The number of urea groups is 1. The predicted molar refractivity (Wildman–Crippen MR) is 120 cm³/mol. The van der Waals surface area contributed by atoms with Crippen molar-refractivity contribution in [1.82, 2.24) is 39.6 Å². The highest BCUT2D eigenvalue weighted by molar-refractivity contribution is 5.93. The second kappa shape index (κ2) is 8.86. The minimum atomic E-state index is -0.352. The van der Waals surface area contributed by atoms with E-state index in [0.717, 1.165) is 31.3 Å². The van der Waals surface area contributed by atoms with E-state index in [-0.39, 0.29) is 30.4 Å². The van der Waals surface area contributed by atoms with Crippen molar-refractivity contribution in [2.45, 2.75) is 18.9 Å². The lowest BCUT2D eigenvalue weighted by Crippen LogP contribution is -2.46. The molecule has 0 saturated carbocycles. The summed E-state index contributed by atoms with van der Waals surface area (Å²) in [5.74, 6) is 3.81. The molecule has 1 aliphatic rings. The van der Waals surface area contributed by atoms with E-state index in [9.17, 15) is 4.79 Å². The Balaban J connectivity index is 0.00000245. The number of piperidine rings is 1. The number of likely N-dealkylation sites (tertiary alicyclic amines) is 1. The Labute approximate surface area is 189 Å². The standard InChI is InChI=1S/C20H21N9O2.ClH/c1-3-8-28-9-6-13(7-10-28)21-20(30)24-19-23-16-14(12-27(2)25-16)18-22-17(26-29(18)19)15-5-4-11-31-15;/h1,4-5,11-13H,6-10H2,2H3,(H2,21,23,24,25,30);1H. The van der Waals surface area contributed by atoms with Gasteiger partial charge in [0.2, 0.25) is 11.8 Å². The monoisotopic (exact) mass is 455 g/mol. The van der Waals surface area contributed by atoms with Crippen molar-refractivity contribution in [2.24, 2.45) is 7.05 Å². The van der Waals surface area contributed by atoms with Gasteiger partial charge < -0.3 is 9.73 Å². The largest absolute Gasteiger partial charge is 0.461 e. The maximum atomic E-state index is 12.7. The number of fused-ring (bicyclic) bond motifs is 3. The molecule has 1 fully saturated rings. The molecule has 2 N–H and O–H groups in total. The number of carbonyl (C=O) groups is 1. The summed E-state index contributed by atoms with van der Waals surface area (Å²) in [5, 5.41) is 15.4. The number of rotatable bonds is 4. The summed E-state index contributed by atoms with van der Waals surface area (Å²) in [4.78, 5) is 24.0. The van der Waals surface area contributed by atoms with Crippen molar-refractivity contribution in [3.63, 3.8) is 0 Å². The molecule has 4 aromatic rings. The van der Waals surface area contributed by atoms with Gasteiger partial charge in [0.25, 0.3) is 0 Å². The highest BCUT2D eigenvalue weighted by Gasteiger charge is 2.22. The number of furan rings is 1. The van der Waals surface area contributed by atoms with Crippen molar-refractivity contribution < 1.29 is 9.21 Å². The van der Waals surface area contributed by atoms with E-state index in [1.54, 1.807) is 30.1 Å². The summed E-state index contributed by atoms with van der Waals surface area (Å²) in [6.07, 6.45) is 10.4. The number of hydrogen-bond donors (Lipinski definition) is 2. The first-order valence-electron chi connectivity index (χ1n) is 9.98. The molecule has 32 heavy (non-hydrogen) atoms. The van der Waals surface area contributed by atoms with Crippen molar-refractivity contribution >= 4 is 41.1 Å². The van der Waals surface area contributed by atoms with Crippen molar-refractivity contribution in [1.29, 1.82) is 0 Å². The molecule has 1 aliphatic heterocycles. The lowest BCUT2D eigenvalue weighted by Gasteiger charge is -2.30. The van der Waals surface area contributed by atoms with Crippen LogP contribution in [0.15, 0.2) is 29.0 Å². The molecule has 11 nitrogen and oxygen atoms in total. The van der Waals surface area contributed by atoms with Gasteiger partial charge in [-0.25, -0.2) is 9.78 Å². The topological polar surface area (TPSA) is 118 Å². The number of amides is 2. The van der Waals surface area contributed by atoms with E-state index in [2.05, 4.69) is 41.6 Å². The molecule has 0 spiro atoms. The van der Waals surface area contributed by atoms with Gasteiger partial charge in [0.1, 0.15) is 0 Å². The summed E-state index contributed by atoms with van der Waals surface area (Å²) < 4.78 is 8.56. The molecule has 5 heterocycles. The van der Waals surface area contributed by atoms with Gasteiger partial charge in [-0.05, 0) is 25.0 Å². The first kappa shape index (κ1) is 21.6. The van der Waals surface area contributed by atoms with Crippen LogP contribution in [0.25, 0.3) is 28.3 Å². The van der Waals surface area contributed by atoms with Crippen molar-refractivity contribution in [2.75, 3.05) is 25.0 Å². The molecule has 12 heteroatoms. The van der Waals surface area contributed by atoms with Crippen LogP contribution in [0.1, 0.15) is 12.8 Å². The number of halogens is 1. The first-order chi connectivity index (χ1) is 15.1. The molecule has 0 unspecified atom stereocenters. The third-order valence-corrected chi connectivity index (χ3v) is 5.27. The van der Waals surface area contributed by atoms with Gasteiger partial charge in [-0.1, -0.05) is 5.92 Å². The second-order valence-corrected chi connectivity index (χ2v) is 7.48. The first-order valence-corrected chi connectivity index (χ1v) is 9.98. The number of anilines is 1. The fourth-order valence-corrected chi connectivity index (χ4v) is 3.78. The van der Waals surface area contributed by atoms with Gasteiger partial charge >= 0.3 is 6.03 Å². The summed E-state index contributed by atoms with van der Waals surface area (Å²) in [5.41, 5.74) is 0.994. The smallest absolute Gasteiger partial charge is 0.321 e. The molecule has 2 amide bonds. The van der Waals surface area contributed by atoms with Gasteiger partial charge in [0.05, 0.1) is 18.2 Å². The third-order valence-electron chi connectivity index (χ3n) is 5.27. The van der Waals surface area contributed by atoms with Gasteiger partial charge in [0, 0.05) is 32.4 Å². The van der Waals surface area contributed by atoms with E-state index in [0.29, 0.717) is 29.4 Å². The highest BCUT2D eigenvalue weighted by Crippen LogP contribution is 2.23. The van der Waals surface area contributed by atoms with Gasteiger partial charge in [0.15, 0.2) is 17.1 Å². The molecule has 1 saturated heterocycles. The number of aryl methyl sites for hydroxylation is 1. The number of hydrogen-bond acceptors (Lipinski definition) is 7. The Morgan fingerprint density at radius 2 is 2.12 bits per heavy atom. The zero-order valence-corrected chi connectivity index (χ0v) is 18.2. The number of nitrogens with one attached hydrogen (secondary N) is 2. The van der Waals surface area contributed by atoms with Gasteiger partial charge in [-0.3, -0.25) is 14.9 Å². The molecular formula is C20H22ClN9O2. The normalized spacial score (nSPS) is 14.9. The molecule has 0 aromatic carbocycles. The van der Waals surface area contributed by atoms with Gasteiger partial charge in [-0.15, -0.1) is 23.9 Å². The third kappa shape index (κ3) is 4.10. The summed E-state index contributed by atoms with van der Waals surface area (Å²) in [7, 11) is 1.80. The van der Waals surface area contributed by atoms with Crippen LogP contribution in [0.5, 0.6) is 0 Å². The number of nitrogens with zero attached hydrogens (tertiary/aromatic N) is 7. The van der Waals surface area contributed by atoms with Crippen molar-refractivity contribution in [3.8, 4) is 23.9 Å². The minimum Gasteiger partial charge on any atom is -0.461 e. The number of terminal acetylenes is 1. The van der Waals surface area contributed by atoms with Crippen LogP contribution >= 0.6 is 12.4 Å². The van der Waals surface area contributed by atoms with Crippen LogP contribution in [0.3, 0.4) is 0 Å². The second-order valence-electron chi connectivity index (χ2n) is 7.48. The lowest BCUT2D eigenvalue weighted by atomic mass is 10.1. The fraction of sp³-hybridized carbons (Fsp3) is 0.350. The van der Waals surface area contributed by atoms with Crippen LogP contribution in [-0.4, -0.2) is 66.0 Å². The molecule has 0 radical (unpaired) electrons. The average molecular weight is 456 g/mol. The average Bonchev–Trinajstić information content (AvgIpc) is 3.48. The van der Waals surface area contributed by atoms with Crippen LogP contribution in [0.4, 0.5) is 10.7 Å². The van der Waals surface area contributed by atoms with E-state index >= 15 is 0 Å². The predicted octanol–water partition coefficient (Wildman–Crippen LogP) is 1.91. The molecule has 5 rings (SSSR count). The molecule has 0 atom stereocenters. The molecule has 0 aliphatic carbocycles. The SMILES string of the molecule is C#CCN1CCC(NC(=O)Nc2nc3nn(C)cc3c3nc(-c4ccco4)nn23)CC1.Cl. The Kier molecular flexibility index (Phi) is 5.98. The summed E-state index contributed by atoms with van der Waals surface area (Å²) in [6, 6.07) is 3.25. The molecular weight excluding hydrogens is 434 g/mol. The number of aromatic nitrogens is 6. The van der Waals surface area contributed by atoms with Crippen LogP contribution in [0.2, 0.25) is 0 Å². The Morgan fingerprint density at radius 3 is 2.84 bits per heavy atom. The number of carbonyl (C=O) groups excluding carboxylic acids is 1.